The monoisotopic (exact) mass is 469 g/mol. The molecule has 1 unspecified atom stereocenters. The lowest BCUT2D eigenvalue weighted by molar-refractivity contribution is -0.153. The van der Waals surface area contributed by atoms with Gasteiger partial charge < -0.3 is 19.9 Å². The summed E-state index contributed by atoms with van der Waals surface area (Å²) >= 11 is 0. The number of amides is 1. The number of esters is 1. The Morgan fingerprint density at radius 3 is 2.03 bits per heavy atom. The summed E-state index contributed by atoms with van der Waals surface area (Å²) < 4.78 is 10.6. The minimum Gasteiger partial charge on any atom is -0.480 e. The van der Waals surface area contributed by atoms with Crippen LogP contribution in [-0.2, 0) is 25.7 Å². The lowest BCUT2D eigenvalue weighted by atomic mass is 9.98. The molecular weight excluding hydrogens is 446 g/mol. The molecule has 3 aromatic carbocycles. The van der Waals surface area contributed by atoms with E-state index in [0.29, 0.717) is 5.56 Å². The van der Waals surface area contributed by atoms with Crippen molar-refractivity contribution in [3.63, 3.8) is 0 Å². The topological polar surface area (TPSA) is 102 Å². The van der Waals surface area contributed by atoms with E-state index in [1.165, 1.54) is 0 Å². The van der Waals surface area contributed by atoms with Gasteiger partial charge in [-0.2, -0.15) is 0 Å². The van der Waals surface area contributed by atoms with Crippen molar-refractivity contribution >= 4 is 18.0 Å². The first-order valence-electron chi connectivity index (χ1n) is 11.0. The van der Waals surface area contributed by atoms with E-state index < -0.39 is 30.0 Å². The molecule has 0 heterocycles. The molecule has 4 rings (SSSR count). The van der Waals surface area contributed by atoms with Gasteiger partial charge in [-0.3, -0.25) is 4.79 Å². The number of terminal acetylenes is 1. The summed E-state index contributed by atoms with van der Waals surface area (Å²) in [5.41, 5.74) is 4.88. The lowest BCUT2D eigenvalue weighted by Gasteiger charge is -2.20. The zero-order chi connectivity index (χ0) is 24.8. The highest BCUT2D eigenvalue weighted by atomic mass is 16.6. The average Bonchev–Trinajstić information content (AvgIpc) is 3.20. The van der Waals surface area contributed by atoms with Crippen LogP contribution in [0.5, 0.6) is 0 Å². The van der Waals surface area contributed by atoms with Crippen LogP contribution in [0.25, 0.3) is 11.1 Å². The van der Waals surface area contributed by atoms with E-state index in [1.54, 1.807) is 24.3 Å². The van der Waals surface area contributed by atoms with Crippen LogP contribution in [0.1, 0.15) is 22.6 Å². The summed E-state index contributed by atoms with van der Waals surface area (Å²) in [5, 5.41) is 11.8. The number of benzene rings is 3. The van der Waals surface area contributed by atoms with E-state index in [2.05, 4.69) is 11.2 Å². The van der Waals surface area contributed by atoms with Gasteiger partial charge in [0.25, 0.3) is 0 Å². The van der Waals surface area contributed by atoms with Gasteiger partial charge in [0.1, 0.15) is 19.1 Å². The molecule has 3 aromatic rings. The number of alkyl carbamates (subject to hydrolysis) is 1. The quantitative estimate of drug-likeness (QED) is 0.382. The Kier molecular flexibility index (Phi) is 7.12. The number of nitrogens with one attached hydrogen (secondary N) is 1. The maximum atomic E-state index is 12.5. The second kappa shape index (κ2) is 10.6. The minimum atomic E-state index is -1.71. The number of fused-ring (bicyclic) bond motifs is 3. The molecule has 0 aliphatic heterocycles. The predicted octanol–water partition coefficient (Wildman–Crippen LogP) is 3.97. The summed E-state index contributed by atoms with van der Waals surface area (Å²) in [5.74, 6) is -2.01. The van der Waals surface area contributed by atoms with E-state index in [1.807, 2.05) is 54.6 Å². The fourth-order valence-corrected chi connectivity index (χ4v) is 4.17. The van der Waals surface area contributed by atoms with Crippen molar-refractivity contribution in [3.05, 3.63) is 95.6 Å². The van der Waals surface area contributed by atoms with Gasteiger partial charge in [0.05, 0.1) is 0 Å². The van der Waals surface area contributed by atoms with E-state index in [-0.39, 0.29) is 19.1 Å². The molecule has 0 radical (unpaired) electrons. The Morgan fingerprint density at radius 2 is 1.46 bits per heavy atom. The molecule has 2 atom stereocenters. The van der Waals surface area contributed by atoms with Crippen molar-refractivity contribution in [2.24, 2.45) is 5.92 Å². The van der Waals surface area contributed by atoms with Gasteiger partial charge in [-0.15, -0.1) is 6.42 Å². The summed E-state index contributed by atoms with van der Waals surface area (Å²) in [4.78, 5) is 36.9. The SMILES string of the molecule is C#CC(C(=O)OCc1ccccc1)[C@@H](NC(=O)OCC1c2ccccc2-c2ccccc21)C(=O)O. The van der Waals surface area contributed by atoms with Crippen LogP contribution in [-0.4, -0.2) is 35.8 Å². The molecule has 0 spiro atoms. The smallest absolute Gasteiger partial charge is 0.407 e. The Labute approximate surface area is 202 Å². The van der Waals surface area contributed by atoms with Crippen LogP contribution >= 0.6 is 0 Å². The molecule has 1 amide bonds. The molecule has 0 saturated carbocycles. The summed E-state index contributed by atoms with van der Waals surface area (Å²) in [7, 11) is 0. The zero-order valence-electron chi connectivity index (χ0n) is 18.7. The van der Waals surface area contributed by atoms with Crippen LogP contribution in [0.4, 0.5) is 4.79 Å². The highest BCUT2D eigenvalue weighted by Crippen LogP contribution is 2.44. The van der Waals surface area contributed by atoms with Gasteiger partial charge in [0, 0.05) is 5.92 Å². The highest BCUT2D eigenvalue weighted by Gasteiger charge is 2.36. The van der Waals surface area contributed by atoms with Crippen molar-refractivity contribution in [1.29, 1.82) is 0 Å². The van der Waals surface area contributed by atoms with Crippen molar-refractivity contribution in [2.75, 3.05) is 6.61 Å². The van der Waals surface area contributed by atoms with Gasteiger partial charge in [-0.25, -0.2) is 9.59 Å². The largest absolute Gasteiger partial charge is 0.480 e. The number of carbonyl (C=O) groups excluding carboxylic acids is 2. The third kappa shape index (κ3) is 5.17. The Balaban J connectivity index is 1.40. The van der Waals surface area contributed by atoms with E-state index in [0.717, 1.165) is 22.3 Å². The molecule has 35 heavy (non-hydrogen) atoms. The van der Waals surface area contributed by atoms with E-state index in [4.69, 9.17) is 15.9 Å². The molecule has 1 aliphatic rings. The third-order valence-electron chi connectivity index (χ3n) is 5.87. The number of carbonyl (C=O) groups is 3. The Bertz CT molecular complexity index is 1230. The second-order valence-corrected chi connectivity index (χ2v) is 8.02. The number of rotatable bonds is 8. The number of aliphatic carboxylic acids is 1. The van der Waals surface area contributed by atoms with Crippen LogP contribution in [0, 0.1) is 18.3 Å². The minimum absolute atomic E-state index is 0.00856. The molecule has 0 aromatic heterocycles. The molecule has 1 aliphatic carbocycles. The first-order valence-corrected chi connectivity index (χ1v) is 11.0. The molecule has 0 bridgehead atoms. The van der Waals surface area contributed by atoms with Crippen LogP contribution in [0.15, 0.2) is 78.9 Å². The summed E-state index contributed by atoms with van der Waals surface area (Å²) in [6.07, 6.45) is 4.44. The summed E-state index contributed by atoms with van der Waals surface area (Å²) in [6.45, 7) is -0.0828. The molecule has 176 valence electrons. The maximum absolute atomic E-state index is 12.5. The first kappa shape index (κ1) is 23.6. The molecule has 7 nitrogen and oxygen atoms in total. The molecule has 2 N–H and O–H groups in total. The van der Waals surface area contributed by atoms with Crippen molar-refractivity contribution < 1.29 is 29.0 Å². The first-order chi connectivity index (χ1) is 17.0. The maximum Gasteiger partial charge on any atom is 0.407 e. The third-order valence-corrected chi connectivity index (χ3v) is 5.87. The van der Waals surface area contributed by atoms with Gasteiger partial charge in [0.2, 0.25) is 0 Å². The van der Waals surface area contributed by atoms with Gasteiger partial charge in [-0.1, -0.05) is 84.8 Å². The van der Waals surface area contributed by atoms with Gasteiger partial charge in [0.15, 0.2) is 6.04 Å². The number of carboxylic acid groups (broad SMARTS) is 1. The molecular formula is C28H23NO6. The average molecular weight is 469 g/mol. The fourth-order valence-electron chi connectivity index (χ4n) is 4.17. The van der Waals surface area contributed by atoms with Crippen LogP contribution in [0.2, 0.25) is 0 Å². The van der Waals surface area contributed by atoms with Gasteiger partial charge >= 0.3 is 18.0 Å². The molecule has 0 saturated heterocycles. The highest BCUT2D eigenvalue weighted by molar-refractivity contribution is 5.88. The van der Waals surface area contributed by atoms with Crippen molar-refractivity contribution in [3.8, 4) is 23.5 Å². The fraction of sp³-hybridized carbons (Fsp3) is 0.179. The second-order valence-electron chi connectivity index (χ2n) is 8.02. The van der Waals surface area contributed by atoms with E-state index >= 15 is 0 Å². The standard InChI is InChI=1S/C28H23NO6/c1-2-19(27(32)34-16-18-10-4-3-5-11-18)25(26(30)31)29-28(33)35-17-24-22-14-8-6-12-20(22)21-13-7-9-15-23(21)24/h1,3-15,19,24-25H,16-17H2,(H,29,33)(H,30,31)/t19?,25-/m1/s1. The van der Waals surface area contributed by atoms with Crippen molar-refractivity contribution in [1.82, 2.24) is 5.32 Å². The normalized spacial score (nSPS) is 13.5. The zero-order valence-corrected chi connectivity index (χ0v) is 18.7. The Hall–Kier alpha value is -4.57. The predicted molar refractivity (Wildman–Crippen MR) is 128 cm³/mol. The molecule has 0 fully saturated rings. The van der Waals surface area contributed by atoms with Crippen LogP contribution in [0.3, 0.4) is 0 Å². The van der Waals surface area contributed by atoms with Crippen molar-refractivity contribution in [2.45, 2.75) is 18.6 Å². The number of ether oxygens (including phenoxy) is 2. The molecule has 7 heteroatoms. The van der Waals surface area contributed by atoms with E-state index in [9.17, 15) is 19.5 Å². The lowest BCUT2D eigenvalue weighted by Crippen LogP contribution is -2.48. The van der Waals surface area contributed by atoms with Crippen LogP contribution < -0.4 is 5.32 Å². The Morgan fingerprint density at radius 1 is 0.886 bits per heavy atom. The number of hydrogen-bond donors (Lipinski definition) is 2. The van der Waals surface area contributed by atoms with Gasteiger partial charge in [-0.05, 0) is 27.8 Å². The number of carboxylic acids is 1. The number of hydrogen-bond acceptors (Lipinski definition) is 5. The summed E-state index contributed by atoms with van der Waals surface area (Å²) in [6, 6.07) is 22.8.